The molecule has 7 nitrogen and oxygen atoms in total. The minimum Gasteiger partial charge on any atom is -0.384 e. The van der Waals surface area contributed by atoms with Gasteiger partial charge in [-0.1, -0.05) is 0 Å². The second-order valence-corrected chi connectivity index (χ2v) is 7.54. The molecule has 2 N–H and O–H groups in total. The number of nitrogens with zero attached hydrogens (tertiary/aromatic N) is 5. The molecular formula is C20H16N6OS. The number of rotatable bonds is 2. The first-order valence-corrected chi connectivity index (χ1v) is 9.30. The summed E-state index contributed by atoms with van der Waals surface area (Å²) in [5, 5.41) is 19.7. The van der Waals surface area contributed by atoms with Crippen LogP contribution in [-0.2, 0) is 14.1 Å². The number of thiazole rings is 1. The SMILES string of the molecule is Cn1cccc1/C=c1/sc2n(c1=O)C(N)=C(C#N)[C@H](c1cccn1C)C=2C#N. The van der Waals surface area contributed by atoms with Gasteiger partial charge in [-0.2, -0.15) is 10.5 Å². The van der Waals surface area contributed by atoms with Gasteiger partial charge in [0.25, 0.3) is 5.56 Å². The van der Waals surface area contributed by atoms with Crippen LogP contribution in [0.25, 0.3) is 17.5 Å². The van der Waals surface area contributed by atoms with Crippen LogP contribution in [0, 0.1) is 22.7 Å². The molecule has 28 heavy (non-hydrogen) atoms. The lowest BCUT2D eigenvalue weighted by molar-refractivity contribution is 0.799. The average molecular weight is 388 g/mol. The van der Waals surface area contributed by atoms with Crippen LogP contribution in [0.1, 0.15) is 17.3 Å². The minimum atomic E-state index is -0.601. The van der Waals surface area contributed by atoms with Crippen LogP contribution in [0.3, 0.4) is 0 Å². The van der Waals surface area contributed by atoms with Crippen molar-refractivity contribution in [2.45, 2.75) is 5.92 Å². The van der Waals surface area contributed by atoms with E-state index in [-0.39, 0.29) is 17.0 Å². The molecule has 0 fully saturated rings. The normalized spacial score (nSPS) is 16.8. The van der Waals surface area contributed by atoms with E-state index < -0.39 is 5.92 Å². The number of allylic oxidation sites excluding steroid dienone is 1. The van der Waals surface area contributed by atoms with E-state index in [1.165, 1.54) is 15.9 Å². The van der Waals surface area contributed by atoms with E-state index in [1.807, 2.05) is 59.9 Å². The molecule has 8 heteroatoms. The highest BCUT2D eigenvalue weighted by molar-refractivity contribution is 7.07. The Bertz CT molecular complexity index is 1400. The van der Waals surface area contributed by atoms with Gasteiger partial charge >= 0.3 is 0 Å². The fourth-order valence-electron chi connectivity index (χ4n) is 3.48. The van der Waals surface area contributed by atoms with Gasteiger partial charge in [-0.05, 0) is 30.3 Å². The van der Waals surface area contributed by atoms with Gasteiger partial charge < -0.3 is 14.9 Å². The Kier molecular flexibility index (Phi) is 4.07. The standard InChI is InChI=1S/C20H16N6OS/c1-24-7-3-5-12(24)9-16-19(27)26-18(23)13(10-21)17(14(11-22)20(26)28-16)15-6-4-8-25(15)2/h3-9,17H,23H2,1-2H3/b16-9+/t17-/m0/s1. The number of hydrogen-bond acceptors (Lipinski definition) is 5. The topological polar surface area (TPSA) is 105 Å². The first-order valence-electron chi connectivity index (χ1n) is 8.48. The number of hydrogen-bond donors (Lipinski definition) is 1. The molecule has 0 aromatic carbocycles. The summed E-state index contributed by atoms with van der Waals surface area (Å²) < 4.78 is 5.96. The largest absolute Gasteiger partial charge is 0.384 e. The smallest absolute Gasteiger partial charge is 0.274 e. The quantitative estimate of drug-likeness (QED) is 0.691. The fraction of sp³-hybridized carbons (Fsp3) is 0.150. The fourth-order valence-corrected chi connectivity index (χ4v) is 4.59. The molecule has 4 heterocycles. The zero-order valence-electron chi connectivity index (χ0n) is 15.2. The molecular weight excluding hydrogens is 372 g/mol. The van der Waals surface area contributed by atoms with Crippen LogP contribution in [0.15, 0.2) is 47.0 Å². The number of nitriles is 2. The molecule has 3 aromatic heterocycles. The highest BCUT2D eigenvalue weighted by Gasteiger charge is 2.33. The minimum absolute atomic E-state index is 0.0791. The van der Waals surface area contributed by atoms with E-state index in [9.17, 15) is 15.3 Å². The highest BCUT2D eigenvalue weighted by atomic mass is 32.1. The van der Waals surface area contributed by atoms with Crippen LogP contribution in [0.5, 0.6) is 0 Å². The number of aryl methyl sites for hydroxylation is 2. The van der Waals surface area contributed by atoms with Crippen LogP contribution in [0.4, 0.5) is 0 Å². The lowest BCUT2D eigenvalue weighted by Gasteiger charge is -2.22. The zero-order chi connectivity index (χ0) is 20.0. The van der Waals surface area contributed by atoms with E-state index in [0.717, 1.165) is 11.4 Å². The molecule has 0 spiro atoms. The average Bonchev–Trinajstić information content (AvgIpc) is 3.36. The molecule has 4 rings (SSSR count). The van der Waals surface area contributed by atoms with Gasteiger partial charge in [-0.15, -0.1) is 11.3 Å². The van der Waals surface area contributed by atoms with Crippen LogP contribution < -0.4 is 20.5 Å². The molecule has 0 aliphatic carbocycles. The van der Waals surface area contributed by atoms with E-state index >= 15 is 0 Å². The molecule has 0 radical (unpaired) electrons. The van der Waals surface area contributed by atoms with E-state index in [0.29, 0.717) is 14.8 Å². The van der Waals surface area contributed by atoms with Crippen LogP contribution >= 0.6 is 11.3 Å². The summed E-state index contributed by atoms with van der Waals surface area (Å²) in [5.41, 5.74) is 8.11. The zero-order valence-corrected chi connectivity index (χ0v) is 16.1. The maximum Gasteiger partial charge on any atom is 0.274 e. The third-order valence-corrected chi connectivity index (χ3v) is 6.04. The third kappa shape index (κ3) is 2.43. The van der Waals surface area contributed by atoms with Crippen LogP contribution in [0.2, 0.25) is 0 Å². The lowest BCUT2D eigenvalue weighted by atomic mass is 9.88. The summed E-state index contributed by atoms with van der Waals surface area (Å²) in [4.78, 5) is 13.0. The molecule has 0 amide bonds. The highest BCUT2D eigenvalue weighted by Crippen LogP contribution is 2.35. The van der Waals surface area contributed by atoms with Gasteiger partial charge in [0, 0.05) is 37.9 Å². The van der Waals surface area contributed by atoms with Crippen molar-refractivity contribution in [2.24, 2.45) is 19.8 Å². The second-order valence-electron chi connectivity index (χ2n) is 6.51. The Balaban J connectivity index is 2.11. The van der Waals surface area contributed by atoms with Gasteiger partial charge in [-0.25, -0.2) is 0 Å². The molecule has 1 atom stereocenters. The van der Waals surface area contributed by atoms with Gasteiger partial charge in [-0.3, -0.25) is 9.36 Å². The van der Waals surface area contributed by atoms with Crippen molar-refractivity contribution in [1.82, 2.24) is 13.7 Å². The molecule has 138 valence electrons. The molecule has 0 saturated heterocycles. The summed E-state index contributed by atoms with van der Waals surface area (Å²) in [6, 6.07) is 11.8. The van der Waals surface area contributed by atoms with Crippen molar-refractivity contribution in [1.29, 1.82) is 10.5 Å². The van der Waals surface area contributed by atoms with Crippen molar-refractivity contribution in [3.63, 3.8) is 0 Å². The Labute approximate surface area is 164 Å². The van der Waals surface area contributed by atoms with Gasteiger partial charge in [0.2, 0.25) is 0 Å². The maximum atomic E-state index is 13.0. The summed E-state index contributed by atoms with van der Waals surface area (Å²) >= 11 is 1.21. The second kappa shape index (κ2) is 6.45. The van der Waals surface area contributed by atoms with Gasteiger partial charge in [0.1, 0.15) is 10.5 Å². The Morgan fingerprint density at radius 1 is 1.11 bits per heavy atom. The summed E-state index contributed by atoms with van der Waals surface area (Å²) in [6.45, 7) is 0. The van der Waals surface area contributed by atoms with Gasteiger partial charge in [0.15, 0.2) is 0 Å². The predicted molar refractivity (Wildman–Crippen MR) is 107 cm³/mol. The molecule has 1 aliphatic heterocycles. The summed E-state index contributed by atoms with van der Waals surface area (Å²) in [7, 11) is 3.73. The summed E-state index contributed by atoms with van der Waals surface area (Å²) in [5.74, 6) is -0.522. The third-order valence-electron chi connectivity index (χ3n) is 4.93. The predicted octanol–water partition coefficient (Wildman–Crippen LogP) is 0.538. The molecule has 3 aromatic rings. The van der Waals surface area contributed by atoms with E-state index in [1.54, 1.807) is 6.08 Å². The van der Waals surface area contributed by atoms with Crippen molar-refractivity contribution in [3.05, 3.63) is 73.2 Å². The monoisotopic (exact) mass is 388 g/mol. The van der Waals surface area contributed by atoms with Crippen molar-refractivity contribution in [2.75, 3.05) is 0 Å². The Morgan fingerprint density at radius 2 is 1.79 bits per heavy atom. The Hall–Kier alpha value is -3.75. The molecule has 0 bridgehead atoms. The number of aromatic nitrogens is 3. The van der Waals surface area contributed by atoms with E-state index in [2.05, 4.69) is 12.1 Å². The lowest BCUT2D eigenvalue weighted by Crippen LogP contribution is -2.38. The first kappa shape index (κ1) is 17.7. The molecule has 0 unspecified atom stereocenters. The maximum absolute atomic E-state index is 13.0. The number of fused-ring (bicyclic) bond motifs is 1. The molecule has 1 aliphatic rings. The Morgan fingerprint density at radius 3 is 2.36 bits per heavy atom. The number of nitrogens with two attached hydrogens (primary N) is 1. The van der Waals surface area contributed by atoms with Crippen molar-refractivity contribution in [3.8, 4) is 12.1 Å². The van der Waals surface area contributed by atoms with Gasteiger partial charge in [0.05, 0.1) is 33.7 Å². The summed E-state index contributed by atoms with van der Waals surface area (Å²) in [6.07, 6.45) is 5.50. The van der Waals surface area contributed by atoms with Crippen LogP contribution in [-0.4, -0.2) is 13.7 Å². The van der Waals surface area contributed by atoms with Crippen molar-refractivity contribution >= 4 is 28.8 Å². The van der Waals surface area contributed by atoms with Crippen molar-refractivity contribution < 1.29 is 0 Å². The molecule has 0 saturated carbocycles. The van der Waals surface area contributed by atoms with E-state index in [4.69, 9.17) is 5.73 Å². The first-order chi connectivity index (χ1) is 13.5.